The van der Waals surface area contributed by atoms with Gasteiger partial charge in [0.25, 0.3) is 0 Å². The molecule has 0 aliphatic heterocycles. The van der Waals surface area contributed by atoms with Crippen LogP contribution in [-0.4, -0.2) is 0 Å². The van der Waals surface area contributed by atoms with Gasteiger partial charge in [-0.15, -0.1) is 0 Å². The molecule has 0 aromatic heterocycles. The number of hydrogen-bond donors (Lipinski definition) is 0. The maximum atomic E-state index is 9.92. The van der Waals surface area contributed by atoms with Crippen molar-refractivity contribution in [1.29, 1.82) is 0 Å². The maximum absolute atomic E-state index is 11.2. The van der Waals surface area contributed by atoms with Crippen LogP contribution in [0.25, 0.3) is 0 Å². The van der Waals surface area contributed by atoms with Crippen LogP contribution in [0.4, 0.5) is 18.6 Å². The van der Waals surface area contributed by atoms with Gasteiger partial charge >= 0.3 is 54.7 Å². The SMILES string of the molecule is [F][Ti-2]([F])([F])([F])([F])[F].[Li+]. The molecule has 0 heterocycles. The molecular weight excluding hydrogens is 169 g/mol. The quantitative estimate of drug-likeness (QED) is 0.339. The van der Waals surface area contributed by atoms with Crippen molar-refractivity contribution in [2.24, 2.45) is 0 Å². The van der Waals surface area contributed by atoms with Crippen LogP contribution in [0, 0.1) is 0 Å². The molecule has 0 amide bonds. The van der Waals surface area contributed by atoms with Crippen LogP contribution in [-0.2, 0) is 17.2 Å². The average Bonchev–Trinajstić information content (AvgIpc) is 0.592. The third kappa shape index (κ3) is 301. The fourth-order valence-corrected chi connectivity index (χ4v) is 0. The predicted molar refractivity (Wildman–Crippen MR) is 6.65 cm³/mol. The molecule has 0 spiro atoms. The molecule has 0 aliphatic rings. The first-order chi connectivity index (χ1) is 2.45. The number of halogens is 6. The van der Waals surface area contributed by atoms with Crippen LogP contribution >= 0.6 is 0 Å². The summed E-state index contributed by atoms with van der Waals surface area (Å²) in [7, 11) is 0. The Labute approximate surface area is 54.9 Å². The topological polar surface area (TPSA) is 0 Å². The molecule has 0 saturated heterocycles. The molecule has 0 aliphatic carbocycles. The van der Waals surface area contributed by atoms with Gasteiger partial charge in [0.2, 0.25) is 0 Å². The summed E-state index contributed by atoms with van der Waals surface area (Å²) in [5.41, 5.74) is 0. The van der Waals surface area contributed by atoms with E-state index >= 15 is 0 Å². The van der Waals surface area contributed by atoms with Gasteiger partial charge in [-0.25, -0.2) is 0 Å². The molecule has 0 fully saturated rings. The van der Waals surface area contributed by atoms with Crippen LogP contribution < -0.4 is 18.9 Å². The zero-order valence-corrected chi connectivity index (χ0v) is 5.33. The van der Waals surface area contributed by atoms with E-state index in [4.69, 9.17) is 0 Å². The molecule has 0 saturated carbocycles. The van der Waals surface area contributed by atoms with Gasteiger partial charge < -0.3 is 0 Å². The second-order valence-electron chi connectivity index (χ2n) is 1.07. The minimum absolute atomic E-state index is 0. The van der Waals surface area contributed by atoms with Crippen molar-refractivity contribution in [3.8, 4) is 0 Å². The summed E-state index contributed by atoms with van der Waals surface area (Å²) in [5.74, 6) is 0. The molecule has 0 aromatic rings. The van der Waals surface area contributed by atoms with Crippen molar-refractivity contribution in [3.63, 3.8) is 0 Å². The standard InChI is InChI=1S/6FH.Li.Ti/h6*1H;;/q;;;;;;+1;+4/p-6. The summed E-state index contributed by atoms with van der Waals surface area (Å²) in [6.45, 7) is 0. The van der Waals surface area contributed by atoms with Crippen LogP contribution in [0.3, 0.4) is 0 Å². The smallest absolute Gasteiger partial charge is 1.00 e. The van der Waals surface area contributed by atoms with Crippen LogP contribution in [0.2, 0.25) is 0 Å². The molecular formula is F6LiTi-. The van der Waals surface area contributed by atoms with Crippen molar-refractivity contribution < 1.29 is 54.7 Å². The Morgan fingerprint density at radius 3 is 0.625 bits per heavy atom. The minimum Gasteiger partial charge on any atom is 1.00 e. The van der Waals surface area contributed by atoms with E-state index in [9.17, 15) is 18.6 Å². The van der Waals surface area contributed by atoms with Gasteiger partial charge in [0.1, 0.15) is 0 Å². The van der Waals surface area contributed by atoms with Crippen molar-refractivity contribution >= 4 is 0 Å². The van der Waals surface area contributed by atoms with E-state index in [1.54, 1.807) is 0 Å². The fraction of sp³-hybridized carbons (Fsp3) is 0. The summed E-state index contributed by atoms with van der Waals surface area (Å²) >= 11 is -11.2. The van der Waals surface area contributed by atoms with E-state index in [0.717, 1.165) is 0 Å². The number of hydrogen-bond acceptors (Lipinski definition) is 0. The Hall–Kier alpha value is 0.892. The molecule has 8 heavy (non-hydrogen) atoms. The monoisotopic (exact) mass is 169 g/mol. The summed E-state index contributed by atoms with van der Waals surface area (Å²) in [6, 6.07) is 0. The normalized spacial score (nSPS) is 20.2. The van der Waals surface area contributed by atoms with Crippen molar-refractivity contribution in [2.75, 3.05) is 0 Å². The zero-order valence-electron chi connectivity index (χ0n) is 3.77. The Kier molecular flexibility index (Phi) is 2.16. The van der Waals surface area contributed by atoms with Gasteiger partial charge in [-0.3, -0.25) is 0 Å². The van der Waals surface area contributed by atoms with Crippen molar-refractivity contribution in [2.45, 2.75) is 0 Å². The molecule has 0 aromatic carbocycles. The summed E-state index contributed by atoms with van der Waals surface area (Å²) in [6.07, 6.45) is 0. The first-order valence-electron chi connectivity index (χ1n) is 1.13. The molecule has 0 unspecified atom stereocenters. The van der Waals surface area contributed by atoms with Gasteiger partial charge in [-0.05, 0) is 0 Å². The van der Waals surface area contributed by atoms with Crippen LogP contribution in [0.5, 0.6) is 0 Å². The second-order valence-corrected chi connectivity index (χ2v) is 4.42. The molecule has 0 nitrogen and oxygen atoms in total. The van der Waals surface area contributed by atoms with Gasteiger partial charge in [-0.1, -0.05) is 0 Å². The average molecular weight is 169 g/mol. The Morgan fingerprint density at radius 1 is 0.625 bits per heavy atom. The number of rotatable bonds is 0. The summed E-state index contributed by atoms with van der Waals surface area (Å²) < 4.78 is 59.5. The zero-order chi connectivity index (χ0) is 6.41. The van der Waals surface area contributed by atoms with E-state index in [1.807, 2.05) is 0 Å². The third-order valence-electron chi connectivity index (χ3n) is 0. The van der Waals surface area contributed by atoms with Gasteiger partial charge in [0, 0.05) is 0 Å². The first-order valence-corrected chi connectivity index (χ1v) is 4.68. The Morgan fingerprint density at radius 2 is 0.625 bits per heavy atom. The van der Waals surface area contributed by atoms with Gasteiger partial charge in [0.05, 0.1) is 0 Å². The predicted octanol–water partition coefficient (Wildman–Crippen LogP) is -0.477. The van der Waals surface area contributed by atoms with E-state index in [1.165, 1.54) is 0 Å². The molecule has 0 bridgehead atoms. The Balaban J connectivity index is 0. The van der Waals surface area contributed by atoms with Crippen molar-refractivity contribution in [1.82, 2.24) is 0 Å². The van der Waals surface area contributed by atoms with Gasteiger partial charge in [0.15, 0.2) is 0 Å². The van der Waals surface area contributed by atoms with Crippen LogP contribution in [0.1, 0.15) is 0 Å². The van der Waals surface area contributed by atoms with Crippen LogP contribution in [0.15, 0.2) is 0 Å². The molecule has 48 valence electrons. The molecule has 8 heteroatoms. The van der Waals surface area contributed by atoms with E-state index < -0.39 is 17.2 Å². The van der Waals surface area contributed by atoms with E-state index in [0.29, 0.717) is 0 Å². The largest absolute Gasteiger partial charge is 1.00 e. The summed E-state index contributed by atoms with van der Waals surface area (Å²) in [4.78, 5) is 0. The maximum Gasteiger partial charge on any atom is 1.00 e. The second kappa shape index (κ2) is 1.48. The molecule has 0 atom stereocenters. The van der Waals surface area contributed by atoms with Gasteiger partial charge in [-0.2, -0.15) is 0 Å². The van der Waals surface area contributed by atoms with E-state index in [2.05, 4.69) is 0 Å². The molecule has 0 rings (SSSR count). The Bertz CT molecular complexity index is 67.1. The molecule has 0 radical (unpaired) electrons. The first kappa shape index (κ1) is 11.7. The minimum atomic E-state index is -11.2. The molecule has 0 N–H and O–H groups in total. The third-order valence-corrected chi connectivity index (χ3v) is 0. The van der Waals surface area contributed by atoms with E-state index in [-0.39, 0.29) is 18.9 Å². The van der Waals surface area contributed by atoms with Crippen molar-refractivity contribution in [3.05, 3.63) is 0 Å². The fourth-order valence-electron chi connectivity index (χ4n) is 0. The summed E-state index contributed by atoms with van der Waals surface area (Å²) in [5, 5.41) is 0.